The van der Waals surface area contributed by atoms with Crippen molar-refractivity contribution in [3.8, 4) is 0 Å². The first-order valence-electron chi connectivity index (χ1n) is 8.08. The Hall–Kier alpha value is -2.06. The molecule has 2 amide bonds. The lowest BCUT2D eigenvalue weighted by Gasteiger charge is -2.38. The predicted octanol–water partition coefficient (Wildman–Crippen LogP) is -0.0466. The third-order valence-corrected chi connectivity index (χ3v) is 4.50. The molecule has 1 aromatic heterocycles. The second-order valence-electron chi connectivity index (χ2n) is 6.21. The van der Waals surface area contributed by atoms with Crippen LogP contribution in [-0.4, -0.2) is 83.7 Å². The third kappa shape index (κ3) is 3.39. The molecular formula is C16H22N4O4. The summed E-state index contributed by atoms with van der Waals surface area (Å²) in [4.78, 5) is 35.7. The van der Waals surface area contributed by atoms with Gasteiger partial charge in [-0.3, -0.25) is 14.6 Å². The van der Waals surface area contributed by atoms with Crippen molar-refractivity contribution in [3.63, 3.8) is 0 Å². The number of nitrogens with zero attached hydrogens (tertiary/aromatic N) is 4. The second kappa shape index (κ2) is 7.23. The minimum Gasteiger partial charge on any atom is -0.372 e. The summed E-state index contributed by atoms with van der Waals surface area (Å²) in [7, 11) is 3.39. The predicted molar refractivity (Wildman–Crippen MR) is 84.3 cm³/mol. The fraction of sp³-hybridized carbons (Fsp3) is 0.625. The van der Waals surface area contributed by atoms with Crippen molar-refractivity contribution in [2.24, 2.45) is 0 Å². The number of fused-ring (bicyclic) bond motifs is 1. The molecule has 0 bridgehead atoms. The molecule has 0 unspecified atom stereocenters. The molecule has 1 aromatic rings. The fourth-order valence-corrected chi connectivity index (χ4v) is 3.21. The molecule has 0 N–H and O–H groups in total. The van der Waals surface area contributed by atoms with Crippen LogP contribution in [0.5, 0.6) is 0 Å². The Bertz CT molecular complexity index is 595. The Morgan fingerprint density at radius 2 is 2.21 bits per heavy atom. The standard InChI is InChI=1S/C16H22N4O4/c1-19(2)14(21)10-24-13-4-3-12-15(13)23-8-7-20(12)16(22)11-9-17-5-6-18-11/h5-6,9,12-13,15H,3-4,7-8,10H2,1-2H3/t12-,13+,15+/m0/s1. The van der Waals surface area contributed by atoms with Gasteiger partial charge in [-0.15, -0.1) is 0 Å². The molecule has 8 nitrogen and oxygen atoms in total. The van der Waals surface area contributed by atoms with E-state index in [1.165, 1.54) is 17.3 Å². The van der Waals surface area contributed by atoms with Gasteiger partial charge in [-0.05, 0) is 12.8 Å². The van der Waals surface area contributed by atoms with Crippen LogP contribution in [0.15, 0.2) is 18.6 Å². The van der Waals surface area contributed by atoms with E-state index in [4.69, 9.17) is 9.47 Å². The summed E-state index contributed by atoms with van der Waals surface area (Å²) in [6, 6.07) is -0.0484. The molecule has 2 heterocycles. The van der Waals surface area contributed by atoms with Gasteiger partial charge in [0.15, 0.2) is 0 Å². The highest BCUT2D eigenvalue weighted by Crippen LogP contribution is 2.32. The number of rotatable bonds is 4. The number of carbonyl (C=O) groups is 2. The number of aromatic nitrogens is 2. The normalized spacial score (nSPS) is 26.1. The van der Waals surface area contributed by atoms with Gasteiger partial charge in [-0.25, -0.2) is 4.98 Å². The maximum absolute atomic E-state index is 12.7. The van der Waals surface area contributed by atoms with E-state index in [1.54, 1.807) is 25.2 Å². The van der Waals surface area contributed by atoms with E-state index in [1.807, 2.05) is 0 Å². The summed E-state index contributed by atoms with van der Waals surface area (Å²) < 4.78 is 11.6. The van der Waals surface area contributed by atoms with E-state index in [0.717, 1.165) is 12.8 Å². The van der Waals surface area contributed by atoms with Gasteiger partial charge in [0.05, 0.1) is 24.9 Å². The fourth-order valence-electron chi connectivity index (χ4n) is 3.21. The zero-order valence-corrected chi connectivity index (χ0v) is 13.9. The van der Waals surface area contributed by atoms with Crippen LogP contribution >= 0.6 is 0 Å². The van der Waals surface area contributed by atoms with Crippen LogP contribution in [0.2, 0.25) is 0 Å². The SMILES string of the molecule is CN(C)C(=O)CO[C@@H]1CC[C@H]2[C@H]1OCCN2C(=O)c1cnccn1. The van der Waals surface area contributed by atoms with Crippen molar-refractivity contribution in [2.45, 2.75) is 31.1 Å². The quantitative estimate of drug-likeness (QED) is 0.768. The number of morpholine rings is 1. The minimum atomic E-state index is -0.200. The Balaban J connectivity index is 1.65. The minimum absolute atomic E-state index is 0.0301. The molecule has 8 heteroatoms. The van der Waals surface area contributed by atoms with E-state index >= 15 is 0 Å². The van der Waals surface area contributed by atoms with Gasteiger partial charge in [-0.2, -0.15) is 0 Å². The molecule has 0 aromatic carbocycles. The van der Waals surface area contributed by atoms with Crippen molar-refractivity contribution < 1.29 is 19.1 Å². The van der Waals surface area contributed by atoms with Crippen LogP contribution < -0.4 is 0 Å². The maximum Gasteiger partial charge on any atom is 0.274 e. The molecule has 3 rings (SSSR count). The molecule has 0 spiro atoms. The van der Waals surface area contributed by atoms with Gasteiger partial charge in [-0.1, -0.05) is 0 Å². The summed E-state index contributed by atoms with van der Waals surface area (Å²) in [5.41, 5.74) is 0.338. The smallest absolute Gasteiger partial charge is 0.274 e. The van der Waals surface area contributed by atoms with Crippen LogP contribution in [0, 0.1) is 0 Å². The summed E-state index contributed by atoms with van der Waals surface area (Å²) in [6.45, 7) is 1.01. The van der Waals surface area contributed by atoms with Crippen molar-refractivity contribution in [1.29, 1.82) is 0 Å². The molecule has 1 saturated carbocycles. The summed E-state index contributed by atoms with van der Waals surface area (Å²) in [5, 5.41) is 0. The van der Waals surface area contributed by atoms with Crippen LogP contribution in [0.1, 0.15) is 23.3 Å². The van der Waals surface area contributed by atoms with Crippen LogP contribution in [0.4, 0.5) is 0 Å². The van der Waals surface area contributed by atoms with Gasteiger partial charge in [0.2, 0.25) is 5.91 Å². The molecule has 1 aliphatic heterocycles. The number of hydrogen-bond donors (Lipinski definition) is 0. The van der Waals surface area contributed by atoms with Crippen LogP contribution in [0.25, 0.3) is 0 Å². The molecular weight excluding hydrogens is 312 g/mol. The van der Waals surface area contributed by atoms with Crippen molar-refractivity contribution in [3.05, 3.63) is 24.3 Å². The summed E-state index contributed by atoms with van der Waals surface area (Å²) >= 11 is 0. The molecule has 0 radical (unpaired) electrons. The van der Waals surface area contributed by atoms with Gasteiger partial charge in [0.1, 0.15) is 18.4 Å². The van der Waals surface area contributed by atoms with Crippen molar-refractivity contribution in [1.82, 2.24) is 19.8 Å². The first-order chi connectivity index (χ1) is 11.6. The number of likely N-dealkylation sites (N-methyl/N-ethyl adjacent to an activating group) is 1. The van der Waals surface area contributed by atoms with Crippen LogP contribution in [0.3, 0.4) is 0 Å². The highest BCUT2D eigenvalue weighted by atomic mass is 16.5. The highest BCUT2D eigenvalue weighted by Gasteiger charge is 2.45. The Kier molecular flexibility index (Phi) is 5.06. The Morgan fingerprint density at radius 1 is 1.38 bits per heavy atom. The zero-order chi connectivity index (χ0) is 17.1. The Labute approximate surface area is 140 Å². The van der Waals surface area contributed by atoms with E-state index < -0.39 is 0 Å². The topological polar surface area (TPSA) is 84.9 Å². The monoisotopic (exact) mass is 334 g/mol. The van der Waals surface area contributed by atoms with Gasteiger partial charge in [0.25, 0.3) is 5.91 Å². The summed E-state index contributed by atoms with van der Waals surface area (Å²) in [5.74, 6) is -0.215. The van der Waals surface area contributed by atoms with Gasteiger partial charge in [0, 0.05) is 33.0 Å². The van der Waals surface area contributed by atoms with Crippen molar-refractivity contribution in [2.75, 3.05) is 33.9 Å². The molecule has 2 aliphatic rings. The highest BCUT2D eigenvalue weighted by molar-refractivity contribution is 5.92. The average molecular weight is 334 g/mol. The largest absolute Gasteiger partial charge is 0.372 e. The number of hydrogen-bond acceptors (Lipinski definition) is 6. The van der Waals surface area contributed by atoms with Gasteiger partial charge < -0.3 is 19.3 Å². The molecule has 24 heavy (non-hydrogen) atoms. The zero-order valence-electron chi connectivity index (χ0n) is 13.9. The molecule has 130 valence electrons. The Morgan fingerprint density at radius 3 is 2.92 bits per heavy atom. The van der Waals surface area contributed by atoms with E-state index in [2.05, 4.69) is 9.97 Å². The second-order valence-corrected chi connectivity index (χ2v) is 6.21. The first-order valence-corrected chi connectivity index (χ1v) is 8.08. The number of amides is 2. The lowest BCUT2D eigenvalue weighted by molar-refractivity contribution is -0.142. The number of ether oxygens (including phenoxy) is 2. The summed E-state index contributed by atoms with van der Waals surface area (Å²) in [6.07, 6.45) is 5.72. The lowest BCUT2D eigenvalue weighted by atomic mass is 10.1. The number of carbonyl (C=O) groups excluding carboxylic acids is 2. The van der Waals surface area contributed by atoms with Crippen molar-refractivity contribution >= 4 is 11.8 Å². The molecule has 1 aliphatic carbocycles. The van der Waals surface area contributed by atoms with E-state index in [-0.39, 0.29) is 36.7 Å². The molecule has 2 fully saturated rings. The van der Waals surface area contributed by atoms with Gasteiger partial charge >= 0.3 is 0 Å². The third-order valence-electron chi connectivity index (χ3n) is 4.50. The average Bonchev–Trinajstić information content (AvgIpc) is 3.02. The first kappa shape index (κ1) is 16.8. The van der Waals surface area contributed by atoms with E-state index in [9.17, 15) is 9.59 Å². The molecule has 1 saturated heterocycles. The maximum atomic E-state index is 12.7. The lowest BCUT2D eigenvalue weighted by Crippen LogP contribution is -2.54. The van der Waals surface area contributed by atoms with E-state index in [0.29, 0.717) is 18.8 Å². The molecule has 3 atom stereocenters. The van der Waals surface area contributed by atoms with Crippen LogP contribution in [-0.2, 0) is 14.3 Å².